The minimum Gasteiger partial charge on any atom is -0.464 e. The van der Waals surface area contributed by atoms with Crippen molar-refractivity contribution in [3.63, 3.8) is 0 Å². The summed E-state index contributed by atoms with van der Waals surface area (Å²) in [5, 5.41) is 0. The van der Waals surface area contributed by atoms with E-state index in [9.17, 15) is 0 Å². The Morgan fingerprint density at radius 3 is 2.43 bits per heavy atom. The number of aromatic nitrogens is 1. The minimum absolute atomic E-state index is 1.03. The zero-order valence-corrected chi connectivity index (χ0v) is 12.4. The van der Waals surface area contributed by atoms with Crippen molar-refractivity contribution in [1.82, 2.24) is 4.98 Å². The first-order valence-corrected chi connectivity index (χ1v) is 7.62. The van der Waals surface area contributed by atoms with Crippen molar-refractivity contribution in [2.24, 2.45) is 0 Å². The molecule has 0 N–H and O–H groups in total. The normalized spacial score (nSPS) is 16.6. The molecule has 4 rings (SSSR count). The van der Waals surface area contributed by atoms with Crippen molar-refractivity contribution < 1.29 is 4.42 Å². The molecule has 0 aromatic carbocycles. The predicted octanol–water partition coefficient (Wildman–Crippen LogP) is 5.06. The van der Waals surface area contributed by atoms with Crippen LogP contribution in [0.25, 0.3) is 11.1 Å². The molecule has 0 bridgehead atoms. The average molecular weight is 279 g/mol. The van der Waals surface area contributed by atoms with Gasteiger partial charge in [-0.1, -0.05) is 19.2 Å². The summed E-state index contributed by atoms with van der Waals surface area (Å²) in [5.74, 6) is 1.03. The lowest BCUT2D eigenvalue weighted by molar-refractivity contribution is 0.539. The van der Waals surface area contributed by atoms with E-state index in [1.807, 2.05) is 18.3 Å². The Balaban J connectivity index is 0.000000126. The molecule has 0 aliphatic heterocycles. The lowest BCUT2D eigenvalue weighted by atomic mass is 9.93. The molecule has 2 aromatic rings. The number of hydrogen-bond donors (Lipinski definition) is 0. The van der Waals surface area contributed by atoms with Gasteiger partial charge in [-0.3, -0.25) is 4.98 Å². The van der Waals surface area contributed by atoms with Crippen LogP contribution in [0.4, 0.5) is 0 Å². The highest BCUT2D eigenvalue weighted by Gasteiger charge is 2.14. The van der Waals surface area contributed by atoms with Gasteiger partial charge in [0, 0.05) is 6.20 Å². The third-order valence-electron chi connectivity index (χ3n) is 4.14. The molecule has 0 amide bonds. The topological polar surface area (TPSA) is 26.0 Å². The number of pyridine rings is 1. The SMILES string of the molecule is C=C1CCCc2cccnc21.C=C1CCCc2ccoc21. The molecule has 0 radical (unpaired) electrons. The molecule has 108 valence electrons. The van der Waals surface area contributed by atoms with Gasteiger partial charge in [0.2, 0.25) is 0 Å². The fourth-order valence-electron chi connectivity index (χ4n) is 3.02. The van der Waals surface area contributed by atoms with Gasteiger partial charge >= 0.3 is 0 Å². The Morgan fingerprint density at radius 2 is 1.67 bits per heavy atom. The summed E-state index contributed by atoms with van der Waals surface area (Å²) in [5.41, 5.74) is 6.19. The predicted molar refractivity (Wildman–Crippen MR) is 86.9 cm³/mol. The molecule has 21 heavy (non-hydrogen) atoms. The minimum atomic E-state index is 1.03. The van der Waals surface area contributed by atoms with E-state index >= 15 is 0 Å². The largest absolute Gasteiger partial charge is 0.464 e. The van der Waals surface area contributed by atoms with Gasteiger partial charge in [-0.15, -0.1) is 0 Å². The first kappa shape index (κ1) is 13.9. The van der Waals surface area contributed by atoms with Crippen LogP contribution in [0.2, 0.25) is 0 Å². The zero-order valence-electron chi connectivity index (χ0n) is 12.4. The standard InChI is InChI=1S/C10H11N.C9H10O/c1-8-4-2-5-9-6-3-7-11-10(8)9;1-7-3-2-4-8-5-6-10-9(7)8/h3,6-7H,1-2,4-5H2;5-6H,1-4H2. The van der Waals surface area contributed by atoms with Gasteiger partial charge in [0.05, 0.1) is 12.0 Å². The summed E-state index contributed by atoms with van der Waals surface area (Å²) in [7, 11) is 0. The van der Waals surface area contributed by atoms with Crippen molar-refractivity contribution in [2.75, 3.05) is 0 Å². The Kier molecular flexibility index (Phi) is 4.05. The molecule has 0 unspecified atom stereocenters. The van der Waals surface area contributed by atoms with Crippen molar-refractivity contribution in [2.45, 2.75) is 38.5 Å². The number of fused-ring (bicyclic) bond motifs is 2. The highest BCUT2D eigenvalue weighted by Crippen LogP contribution is 2.29. The quantitative estimate of drug-likeness (QED) is 0.673. The third-order valence-corrected chi connectivity index (χ3v) is 4.14. The summed E-state index contributed by atoms with van der Waals surface area (Å²) in [4.78, 5) is 4.30. The molecular weight excluding hydrogens is 258 g/mol. The van der Waals surface area contributed by atoms with Crippen LogP contribution in [-0.4, -0.2) is 4.98 Å². The van der Waals surface area contributed by atoms with Gasteiger partial charge < -0.3 is 4.42 Å². The smallest absolute Gasteiger partial charge is 0.132 e. The van der Waals surface area contributed by atoms with Crippen LogP contribution in [0, 0.1) is 0 Å². The number of allylic oxidation sites excluding steroid dienone is 2. The molecule has 0 spiro atoms. The number of nitrogens with zero attached hydrogens (tertiary/aromatic N) is 1. The monoisotopic (exact) mass is 279 g/mol. The van der Waals surface area contributed by atoms with E-state index in [1.54, 1.807) is 6.26 Å². The fourth-order valence-corrected chi connectivity index (χ4v) is 3.02. The van der Waals surface area contributed by atoms with E-state index in [0.29, 0.717) is 0 Å². The van der Waals surface area contributed by atoms with Crippen LogP contribution < -0.4 is 0 Å². The maximum absolute atomic E-state index is 5.27. The summed E-state index contributed by atoms with van der Waals surface area (Å²) >= 11 is 0. The summed E-state index contributed by atoms with van der Waals surface area (Å²) in [6.45, 7) is 7.93. The second kappa shape index (κ2) is 6.13. The van der Waals surface area contributed by atoms with Gasteiger partial charge in [-0.25, -0.2) is 0 Å². The van der Waals surface area contributed by atoms with Crippen LogP contribution in [0.15, 0.2) is 48.2 Å². The number of hydrogen-bond acceptors (Lipinski definition) is 2. The van der Waals surface area contributed by atoms with Crippen molar-refractivity contribution in [3.05, 3.63) is 66.4 Å². The number of furan rings is 1. The third kappa shape index (κ3) is 2.99. The maximum atomic E-state index is 5.27. The van der Waals surface area contributed by atoms with Crippen molar-refractivity contribution in [3.8, 4) is 0 Å². The molecule has 2 aliphatic rings. The molecule has 0 saturated heterocycles. The van der Waals surface area contributed by atoms with E-state index in [4.69, 9.17) is 4.42 Å². The van der Waals surface area contributed by atoms with Crippen molar-refractivity contribution >= 4 is 11.1 Å². The Bertz CT molecular complexity index is 666. The molecule has 0 saturated carbocycles. The first-order chi connectivity index (χ1) is 10.3. The van der Waals surface area contributed by atoms with Gasteiger partial charge in [-0.05, 0) is 72.9 Å². The molecule has 0 atom stereocenters. The Hall–Kier alpha value is -2.09. The summed E-state index contributed by atoms with van der Waals surface area (Å²) in [6.07, 6.45) is 10.6. The highest BCUT2D eigenvalue weighted by molar-refractivity contribution is 5.64. The van der Waals surface area contributed by atoms with Gasteiger partial charge in [0.1, 0.15) is 5.76 Å². The molecule has 2 nitrogen and oxygen atoms in total. The first-order valence-electron chi connectivity index (χ1n) is 7.62. The maximum Gasteiger partial charge on any atom is 0.132 e. The van der Waals surface area contributed by atoms with Gasteiger partial charge in [0.15, 0.2) is 0 Å². The van der Waals surface area contributed by atoms with Gasteiger partial charge in [0.25, 0.3) is 0 Å². The Labute approximate surface area is 126 Å². The second-order valence-corrected chi connectivity index (χ2v) is 5.70. The van der Waals surface area contributed by atoms with Crippen LogP contribution in [0.3, 0.4) is 0 Å². The summed E-state index contributed by atoms with van der Waals surface area (Å²) < 4.78 is 5.27. The van der Waals surface area contributed by atoms with E-state index < -0.39 is 0 Å². The van der Waals surface area contributed by atoms with Crippen LogP contribution in [0.1, 0.15) is 48.3 Å². The second-order valence-electron chi connectivity index (χ2n) is 5.70. The molecule has 0 fully saturated rings. The number of aryl methyl sites for hydroxylation is 2. The fraction of sp³-hybridized carbons (Fsp3) is 0.316. The van der Waals surface area contributed by atoms with Crippen LogP contribution in [0.5, 0.6) is 0 Å². The van der Waals surface area contributed by atoms with E-state index in [-0.39, 0.29) is 0 Å². The molecule has 2 heteroatoms. The van der Waals surface area contributed by atoms with Crippen LogP contribution >= 0.6 is 0 Å². The zero-order chi connectivity index (χ0) is 14.7. The molecule has 2 aromatic heterocycles. The Morgan fingerprint density at radius 1 is 0.905 bits per heavy atom. The lowest BCUT2D eigenvalue weighted by Crippen LogP contribution is -2.02. The van der Waals surface area contributed by atoms with Gasteiger partial charge in [-0.2, -0.15) is 0 Å². The van der Waals surface area contributed by atoms with Crippen molar-refractivity contribution in [1.29, 1.82) is 0 Å². The van der Waals surface area contributed by atoms with E-state index in [2.05, 4.69) is 24.2 Å². The number of rotatable bonds is 0. The molecular formula is C19H21NO. The molecule has 2 heterocycles. The van der Waals surface area contributed by atoms with E-state index in [1.165, 1.54) is 36.0 Å². The van der Waals surface area contributed by atoms with E-state index in [0.717, 1.165) is 36.3 Å². The lowest BCUT2D eigenvalue weighted by Gasteiger charge is -2.15. The highest BCUT2D eigenvalue weighted by atomic mass is 16.3. The summed E-state index contributed by atoms with van der Waals surface area (Å²) in [6, 6.07) is 6.18. The average Bonchev–Trinajstić information content (AvgIpc) is 2.99. The van der Waals surface area contributed by atoms with Crippen LogP contribution in [-0.2, 0) is 12.8 Å². The molecule has 2 aliphatic carbocycles.